The molecule has 0 radical (unpaired) electrons. The van der Waals surface area contributed by atoms with Crippen LogP contribution in [0.5, 0.6) is 11.5 Å². The number of nitrogens with zero attached hydrogens (tertiary/aromatic N) is 1. The second-order valence-electron chi connectivity index (χ2n) is 9.77. The van der Waals surface area contributed by atoms with Crippen molar-refractivity contribution in [3.05, 3.63) is 100.0 Å². The van der Waals surface area contributed by atoms with Crippen LogP contribution in [-0.2, 0) is 10.2 Å². The number of thiocarbonyl (C=S) groups is 1. The van der Waals surface area contributed by atoms with Crippen LogP contribution in [0.1, 0.15) is 60.8 Å². The highest BCUT2D eigenvalue weighted by molar-refractivity contribution is 8.26. The highest BCUT2D eigenvalue weighted by atomic mass is 32.2. The van der Waals surface area contributed by atoms with Gasteiger partial charge in [0.25, 0.3) is 5.91 Å². The summed E-state index contributed by atoms with van der Waals surface area (Å²) >= 11 is 6.79. The van der Waals surface area contributed by atoms with Crippen LogP contribution in [0.15, 0.2) is 77.7 Å². The predicted octanol–water partition coefficient (Wildman–Crippen LogP) is 7.17. The average molecular weight is 532 g/mol. The van der Waals surface area contributed by atoms with E-state index in [1.54, 1.807) is 41.3 Å². The van der Waals surface area contributed by atoms with E-state index in [1.165, 1.54) is 18.9 Å². The number of thioether (sulfide) groups is 1. The zero-order valence-corrected chi connectivity index (χ0v) is 23.1. The van der Waals surface area contributed by atoms with Gasteiger partial charge < -0.3 is 9.47 Å². The minimum absolute atomic E-state index is 0.00462. The maximum atomic E-state index is 13.2. The highest BCUT2D eigenvalue weighted by Crippen LogP contribution is 2.39. The molecular formula is C30H29NO4S2. The van der Waals surface area contributed by atoms with E-state index in [-0.39, 0.29) is 17.4 Å². The molecule has 1 fully saturated rings. The van der Waals surface area contributed by atoms with Crippen LogP contribution < -0.4 is 9.47 Å². The third kappa shape index (κ3) is 5.95. The molecule has 3 aromatic rings. The van der Waals surface area contributed by atoms with E-state index in [2.05, 4.69) is 20.8 Å². The van der Waals surface area contributed by atoms with E-state index in [9.17, 15) is 9.59 Å². The van der Waals surface area contributed by atoms with Gasteiger partial charge in [-0.25, -0.2) is 4.79 Å². The van der Waals surface area contributed by atoms with Crippen molar-refractivity contribution in [3.63, 3.8) is 0 Å². The largest absolute Gasteiger partial charge is 0.493 e. The van der Waals surface area contributed by atoms with Gasteiger partial charge in [0, 0.05) is 0 Å². The molecule has 190 valence electrons. The number of carbonyl (C=O) groups is 2. The van der Waals surface area contributed by atoms with Crippen molar-refractivity contribution in [2.24, 2.45) is 0 Å². The van der Waals surface area contributed by atoms with Crippen molar-refractivity contribution in [3.8, 4) is 11.5 Å². The normalized spacial score (nSPS) is 15.7. The molecule has 0 N–H and O–H groups in total. The van der Waals surface area contributed by atoms with Gasteiger partial charge in [-0.3, -0.25) is 9.69 Å². The molecule has 1 aliphatic rings. The van der Waals surface area contributed by atoms with E-state index in [4.69, 9.17) is 21.7 Å². The molecule has 0 spiro atoms. The summed E-state index contributed by atoms with van der Waals surface area (Å²) in [7, 11) is 1.51. The van der Waals surface area contributed by atoms with E-state index in [1.807, 2.05) is 49.4 Å². The molecule has 0 unspecified atom stereocenters. The summed E-state index contributed by atoms with van der Waals surface area (Å²) in [5, 5.41) is 0. The highest BCUT2D eigenvalue weighted by Gasteiger charge is 2.36. The first kappa shape index (κ1) is 26.6. The van der Waals surface area contributed by atoms with Crippen LogP contribution in [0.4, 0.5) is 0 Å². The first-order chi connectivity index (χ1) is 17.6. The minimum atomic E-state index is -0.470. The molecule has 0 aromatic heterocycles. The molecule has 5 nitrogen and oxygen atoms in total. The van der Waals surface area contributed by atoms with Crippen LogP contribution in [0.3, 0.4) is 0 Å². The van der Waals surface area contributed by atoms with Crippen molar-refractivity contribution < 1.29 is 19.1 Å². The zero-order chi connectivity index (χ0) is 26.7. The molecule has 1 aliphatic heterocycles. The molecule has 0 saturated carbocycles. The molecule has 4 rings (SSSR count). The van der Waals surface area contributed by atoms with Crippen LogP contribution in [-0.4, -0.2) is 28.2 Å². The number of methoxy groups -OCH3 is 1. The lowest BCUT2D eigenvalue weighted by atomic mass is 9.87. The van der Waals surface area contributed by atoms with Crippen molar-refractivity contribution in [1.82, 2.24) is 4.90 Å². The van der Waals surface area contributed by atoms with Crippen molar-refractivity contribution in [2.75, 3.05) is 7.11 Å². The van der Waals surface area contributed by atoms with Gasteiger partial charge in [0.1, 0.15) is 4.32 Å². The number of ether oxygens (including phenoxy) is 2. The average Bonchev–Trinajstić information content (AvgIpc) is 3.16. The number of carbonyl (C=O) groups excluding carboxylic acids is 2. The summed E-state index contributed by atoms with van der Waals surface area (Å²) < 4.78 is 11.6. The van der Waals surface area contributed by atoms with Gasteiger partial charge in [-0.15, -0.1) is 0 Å². The van der Waals surface area contributed by atoms with E-state index in [0.29, 0.717) is 26.3 Å². The van der Waals surface area contributed by atoms with Crippen molar-refractivity contribution in [2.45, 2.75) is 39.2 Å². The van der Waals surface area contributed by atoms with Gasteiger partial charge in [-0.2, -0.15) is 0 Å². The molecule has 1 saturated heterocycles. The summed E-state index contributed by atoms with van der Waals surface area (Å²) in [6.07, 6.45) is 1.77. The first-order valence-electron chi connectivity index (χ1n) is 11.9. The number of esters is 1. The lowest BCUT2D eigenvalue weighted by Gasteiger charge is -2.23. The second kappa shape index (κ2) is 10.9. The Hall–Kier alpha value is -3.42. The quantitative estimate of drug-likeness (QED) is 0.145. The predicted molar refractivity (Wildman–Crippen MR) is 153 cm³/mol. The van der Waals surface area contributed by atoms with Crippen LogP contribution in [0.2, 0.25) is 0 Å². The molecule has 0 aliphatic carbocycles. The van der Waals surface area contributed by atoms with Crippen LogP contribution in [0.25, 0.3) is 6.08 Å². The Morgan fingerprint density at radius 2 is 1.68 bits per heavy atom. The Kier molecular flexibility index (Phi) is 7.85. The molecule has 3 aromatic carbocycles. The van der Waals surface area contributed by atoms with Crippen LogP contribution in [0, 0.1) is 0 Å². The Morgan fingerprint density at radius 1 is 1.00 bits per heavy atom. The topological polar surface area (TPSA) is 55.8 Å². The molecule has 0 bridgehead atoms. The fourth-order valence-electron chi connectivity index (χ4n) is 3.97. The molecule has 1 heterocycles. The lowest BCUT2D eigenvalue weighted by molar-refractivity contribution is -0.123. The lowest BCUT2D eigenvalue weighted by Crippen LogP contribution is -2.30. The smallest absolute Gasteiger partial charge is 0.343 e. The van der Waals surface area contributed by atoms with E-state index >= 15 is 0 Å². The summed E-state index contributed by atoms with van der Waals surface area (Å²) in [6.45, 7) is 8.32. The third-order valence-electron chi connectivity index (χ3n) is 6.17. The van der Waals surface area contributed by atoms with Crippen molar-refractivity contribution >= 4 is 46.3 Å². The number of hydrogen-bond acceptors (Lipinski definition) is 6. The van der Waals surface area contributed by atoms with E-state index < -0.39 is 5.97 Å². The van der Waals surface area contributed by atoms with Gasteiger partial charge in [-0.1, -0.05) is 93.3 Å². The Morgan fingerprint density at radius 3 is 2.30 bits per heavy atom. The van der Waals surface area contributed by atoms with Gasteiger partial charge in [-0.05, 0) is 59.4 Å². The van der Waals surface area contributed by atoms with Gasteiger partial charge in [0.2, 0.25) is 0 Å². The molecule has 37 heavy (non-hydrogen) atoms. The fraction of sp³-hybridized carbons (Fsp3) is 0.233. The van der Waals surface area contributed by atoms with Gasteiger partial charge in [0.15, 0.2) is 11.5 Å². The molecule has 7 heteroatoms. The zero-order valence-electron chi connectivity index (χ0n) is 21.5. The third-order valence-corrected chi connectivity index (χ3v) is 7.50. The Labute approximate surface area is 227 Å². The molecule has 1 atom stereocenters. The maximum Gasteiger partial charge on any atom is 0.343 e. The molecular weight excluding hydrogens is 502 g/mol. The summed E-state index contributed by atoms with van der Waals surface area (Å²) in [4.78, 5) is 28.1. The molecule has 1 amide bonds. The summed E-state index contributed by atoms with van der Waals surface area (Å²) in [5.41, 5.74) is 3.33. The Balaban J connectivity index is 1.51. The fourth-order valence-corrected chi connectivity index (χ4v) is 5.39. The minimum Gasteiger partial charge on any atom is -0.493 e. The standard InChI is InChI=1S/C30H29NO4S2/c1-19(21-9-7-6-8-10-21)31-27(32)26(37-29(31)36)18-20-11-16-24(25(17-20)34-5)35-28(33)22-12-14-23(15-13-22)30(2,3)4/h6-19H,1-5H3/b26-18-/t19-/m1/s1. The number of amides is 1. The Bertz CT molecular complexity index is 1360. The number of rotatable bonds is 6. The number of hydrogen-bond donors (Lipinski definition) is 0. The number of benzene rings is 3. The first-order valence-corrected chi connectivity index (χ1v) is 13.1. The van der Waals surface area contributed by atoms with Crippen molar-refractivity contribution in [1.29, 1.82) is 0 Å². The van der Waals surface area contributed by atoms with Crippen LogP contribution >= 0.6 is 24.0 Å². The maximum absolute atomic E-state index is 13.2. The SMILES string of the molecule is COc1cc(/C=C2\SC(=S)N([C@H](C)c3ccccc3)C2=O)ccc1OC(=O)c1ccc(C(C)(C)C)cc1. The van der Waals surface area contributed by atoms with E-state index in [0.717, 1.165) is 16.7 Å². The summed E-state index contributed by atoms with van der Waals surface area (Å²) in [6, 6.07) is 22.2. The second-order valence-corrected chi connectivity index (χ2v) is 11.4. The van der Waals surface area contributed by atoms with Gasteiger partial charge in [0.05, 0.1) is 23.6 Å². The monoisotopic (exact) mass is 531 g/mol. The van der Waals surface area contributed by atoms with Gasteiger partial charge >= 0.3 is 5.97 Å². The summed E-state index contributed by atoms with van der Waals surface area (Å²) in [5.74, 6) is 0.0816.